The van der Waals surface area contributed by atoms with E-state index in [-0.39, 0.29) is 40.1 Å². The Kier molecular flexibility index (Phi) is 17.1. The molecular weight excluding hydrogens is 864 g/mol. The molecule has 0 aliphatic carbocycles. The number of phenols is 2. The largest absolute Gasteiger partial charge is 0.502 e. The summed E-state index contributed by atoms with van der Waals surface area (Å²) < 4.78 is 59.7. The average Bonchev–Trinajstić information content (AvgIpc) is 3.56. The maximum absolute atomic E-state index is 13.2. The number of hydrogen-bond acceptors (Lipinski definition) is 24. The van der Waals surface area contributed by atoms with Gasteiger partial charge in [0.2, 0.25) is 17.3 Å². The molecule has 64 heavy (non-hydrogen) atoms. The molecule has 2 aromatic rings. The van der Waals surface area contributed by atoms with Crippen molar-refractivity contribution in [2.24, 2.45) is 0 Å². The molecule has 356 valence electrons. The maximum atomic E-state index is 13.2. The number of phenolic OH excluding ortho intramolecular Hbond substituents is 2. The van der Waals surface area contributed by atoms with Crippen LogP contribution in [0.2, 0.25) is 0 Å². The summed E-state index contributed by atoms with van der Waals surface area (Å²) in [6.45, 7) is -3.89. The third-order valence-corrected chi connectivity index (χ3v) is 10.4. The third kappa shape index (κ3) is 10.8. The molecule has 0 amide bonds. The molecule has 0 saturated carbocycles. The Bertz CT molecular complexity index is 1910. The topological polar surface area (TPSA) is 358 Å². The molecule has 0 radical (unpaired) electrons. The highest BCUT2D eigenvalue weighted by atomic mass is 16.8. The fraction of sp³-hybridized carbons (Fsp3) is 0.550. The van der Waals surface area contributed by atoms with Gasteiger partial charge in [-0.3, -0.25) is 0 Å². The van der Waals surface area contributed by atoms with Gasteiger partial charge in [-0.05, 0) is 47.5 Å². The van der Waals surface area contributed by atoms with Gasteiger partial charge in [-0.25, -0.2) is 9.59 Å². The molecule has 3 heterocycles. The Labute approximate surface area is 364 Å². The van der Waals surface area contributed by atoms with E-state index in [1.807, 2.05) is 0 Å². The van der Waals surface area contributed by atoms with Crippen molar-refractivity contribution in [2.45, 2.75) is 85.5 Å². The summed E-state index contributed by atoms with van der Waals surface area (Å²) >= 11 is 0. The van der Waals surface area contributed by atoms with Gasteiger partial charge in [0, 0.05) is 12.2 Å². The summed E-state index contributed by atoms with van der Waals surface area (Å²) in [6, 6.07) is 5.47. The van der Waals surface area contributed by atoms with Gasteiger partial charge in [-0.2, -0.15) is 0 Å². The van der Waals surface area contributed by atoms with Crippen LogP contribution >= 0.6 is 0 Å². The van der Waals surface area contributed by atoms with Crippen molar-refractivity contribution in [1.29, 1.82) is 0 Å². The van der Waals surface area contributed by atoms with Crippen molar-refractivity contribution in [2.75, 3.05) is 54.9 Å². The number of esters is 2. The first kappa shape index (κ1) is 50.1. The van der Waals surface area contributed by atoms with E-state index in [1.165, 1.54) is 64.9 Å². The highest BCUT2D eigenvalue weighted by Gasteiger charge is 2.61. The van der Waals surface area contributed by atoms with Crippen molar-refractivity contribution in [1.82, 2.24) is 0 Å². The predicted octanol–water partition coefficient (Wildman–Crippen LogP) is -3.60. The summed E-state index contributed by atoms with van der Waals surface area (Å²) in [5.74, 6) is -5.44. The van der Waals surface area contributed by atoms with Crippen molar-refractivity contribution >= 4 is 24.1 Å². The van der Waals surface area contributed by atoms with Crippen molar-refractivity contribution in [3.63, 3.8) is 0 Å². The minimum absolute atomic E-state index is 0.00356. The minimum Gasteiger partial charge on any atom is -0.502 e. The first-order valence-electron chi connectivity index (χ1n) is 19.4. The number of carbonyl (C=O) groups is 2. The lowest BCUT2D eigenvalue weighted by Gasteiger charge is -2.47. The van der Waals surface area contributed by atoms with E-state index in [4.69, 9.17) is 52.1 Å². The molecule has 2 aromatic carbocycles. The number of ether oxygens (including phenoxy) is 11. The first-order valence-corrected chi connectivity index (χ1v) is 19.4. The number of aromatic hydroxyl groups is 2. The zero-order valence-electron chi connectivity index (χ0n) is 34.7. The molecule has 24 heteroatoms. The molecule has 3 aliphatic rings. The minimum atomic E-state index is -2.67. The second-order valence-electron chi connectivity index (χ2n) is 14.4. The monoisotopic (exact) mass is 916 g/mol. The zero-order valence-corrected chi connectivity index (χ0v) is 34.7. The van der Waals surface area contributed by atoms with Gasteiger partial charge in [0.05, 0.1) is 41.7 Å². The van der Waals surface area contributed by atoms with E-state index in [1.54, 1.807) is 0 Å². The number of methoxy groups -OCH3 is 4. The van der Waals surface area contributed by atoms with Crippen molar-refractivity contribution in [3.05, 3.63) is 47.5 Å². The van der Waals surface area contributed by atoms with Gasteiger partial charge >= 0.3 is 11.9 Å². The first-order chi connectivity index (χ1) is 30.5. The molecule has 3 fully saturated rings. The Balaban J connectivity index is 1.42. The molecule has 0 spiro atoms. The number of carbonyl (C=O) groups excluding carboxylic acids is 2. The number of hydrogen-bond donors (Lipinski definition) is 11. The predicted molar refractivity (Wildman–Crippen MR) is 210 cm³/mol. The smallest absolute Gasteiger partial charge is 0.331 e. The van der Waals surface area contributed by atoms with Crippen LogP contribution in [0.1, 0.15) is 11.1 Å². The number of rotatable bonds is 18. The van der Waals surface area contributed by atoms with Crippen LogP contribution in [0.15, 0.2) is 36.4 Å². The van der Waals surface area contributed by atoms with Crippen LogP contribution in [0.25, 0.3) is 12.2 Å². The Morgan fingerprint density at radius 3 is 1.61 bits per heavy atom. The van der Waals surface area contributed by atoms with Crippen molar-refractivity contribution in [3.8, 4) is 34.5 Å². The van der Waals surface area contributed by atoms with Crippen LogP contribution in [0.4, 0.5) is 0 Å². The lowest BCUT2D eigenvalue weighted by atomic mass is 9.96. The molecule has 14 atom stereocenters. The molecule has 24 nitrogen and oxygen atoms in total. The zero-order chi connectivity index (χ0) is 47.0. The van der Waals surface area contributed by atoms with E-state index in [0.29, 0.717) is 5.56 Å². The van der Waals surface area contributed by atoms with Gasteiger partial charge in [-0.1, -0.05) is 0 Å². The molecule has 3 aliphatic heterocycles. The normalized spacial score (nSPS) is 33.0. The number of aliphatic hydroxyl groups is 9. The highest BCUT2D eigenvalue weighted by molar-refractivity contribution is 5.88. The van der Waals surface area contributed by atoms with E-state index in [2.05, 4.69) is 0 Å². The fourth-order valence-electron chi connectivity index (χ4n) is 6.97. The molecule has 11 N–H and O–H groups in total. The highest BCUT2D eigenvalue weighted by Crippen LogP contribution is 2.41. The van der Waals surface area contributed by atoms with Crippen molar-refractivity contribution < 1.29 is 118 Å². The molecular formula is C40H52O24. The standard InChI is InChI=1S/C40H52O24/c1-54-19-9-17(10-20(55-2)28(19)46)5-7-26(44)58-15-25-31(49)36(62-38-34(52)33(51)30(48)23(13-41)59-38)35(53)39(60-25)64-40(16-43)37(32(50)24(14-42)63-40)61-27(45)8-6-18-11-21(56-3)29(47)22(12-18)57-4/h5-12,23-25,30-39,41-43,46-53H,13-16H2,1-4H3. The molecule has 5 rings (SSSR count). The molecule has 14 unspecified atom stereocenters. The van der Waals surface area contributed by atoms with Crippen LogP contribution in [0, 0.1) is 0 Å². The molecule has 0 bridgehead atoms. The van der Waals surface area contributed by atoms with E-state index < -0.39 is 124 Å². The second-order valence-corrected chi connectivity index (χ2v) is 14.4. The van der Waals surface area contributed by atoms with E-state index >= 15 is 0 Å². The Morgan fingerprint density at radius 1 is 0.625 bits per heavy atom. The quantitative estimate of drug-likeness (QED) is 0.0508. The summed E-state index contributed by atoms with van der Waals surface area (Å²) in [5, 5.41) is 116. The van der Waals surface area contributed by atoms with Gasteiger partial charge in [0.25, 0.3) is 0 Å². The van der Waals surface area contributed by atoms with Gasteiger partial charge in [-0.15, -0.1) is 0 Å². The van der Waals surface area contributed by atoms with Crippen LogP contribution in [-0.4, -0.2) is 208 Å². The Hall–Kier alpha value is -4.90. The average molecular weight is 917 g/mol. The lowest BCUT2D eigenvalue weighted by Crippen LogP contribution is -2.66. The molecule has 3 saturated heterocycles. The molecule has 0 aromatic heterocycles. The number of benzene rings is 2. The van der Waals surface area contributed by atoms with E-state index in [9.17, 15) is 65.8 Å². The van der Waals surface area contributed by atoms with Crippen LogP contribution in [0.3, 0.4) is 0 Å². The van der Waals surface area contributed by atoms with Gasteiger partial charge < -0.3 is 108 Å². The van der Waals surface area contributed by atoms with Crippen LogP contribution in [0.5, 0.6) is 34.5 Å². The third-order valence-electron chi connectivity index (χ3n) is 10.4. The fourth-order valence-corrected chi connectivity index (χ4v) is 6.97. The van der Waals surface area contributed by atoms with Crippen LogP contribution < -0.4 is 18.9 Å². The Morgan fingerprint density at radius 2 is 1.12 bits per heavy atom. The number of aliphatic hydroxyl groups excluding tert-OH is 9. The SMILES string of the molecule is COc1cc(C=CC(=O)OCC2OC(OC3(CO)OC(CO)C(O)C3OC(=O)C=Cc3cc(OC)c(O)c(OC)c3)C(O)C(OC3OC(CO)C(O)C(O)C3O)C2O)cc(OC)c1O. The summed E-state index contributed by atoms with van der Waals surface area (Å²) in [6.07, 6.45) is -20.5. The van der Waals surface area contributed by atoms with Crippen LogP contribution in [-0.2, 0) is 42.7 Å². The maximum Gasteiger partial charge on any atom is 0.331 e. The van der Waals surface area contributed by atoms with Gasteiger partial charge in [0.15, 0.2) is 41.7 Å². The summed E-state index contributed by atoms with van der Waals surface area (Å²) in [7, 11) is 5.16. The summed E-state index contributed by atoms with van der Waals surface area (Å²) in [4.78, 5) is 26.2. The lowest BCUT2D eigenvalue weighted by molar-refractivity contribution is -0.399. The van der Waals surface area contributed by atoms with Gasteiger partial charge in [0.1, 0.15) is 74.3 Å². The summed E-state index contributed by atoms with van der Waals surface area (Å²) in [5.41, 5.74) is 0.595. The second kappa shape index (κ2) is 21.9. The van der Waals surface area contributed by atoms with E-state index in [0.717, 1.165) is 12.2 Å².